The van der Waals surface area contributed by atoms with E-state index in [2.05, 4.69) is 31.9 Å². The maximum atomic E-state index is 10.7. The van der Waals surface area contributed by atoms with Gasteiger partial charge >= 0.3 is 5.97 Å². The Balaban J connectivity index is 0.000000280. The molecule has 0 aliphatic carbocycles. The third kappa shape index (κ3) is 6.98. The van der Waals surface area contributed by atoms with Crippen molar-refractivity contribution < 1.29 is 24.9 Å². The molecule has 9 nitrogen and oxygen atoms in total. The molecule has 2 aromatic rings. The SMILES string of the molecule is O=C(O)Cc1cccc(Br)c1[N+](=O)[O-].O=[N+]([O-])c1c(Br)cccc1CCCO. The summed E-state index contributed by atoms with van der Waals surface area (Å²) in [5.74, 6) is -1.09. The van der Waals surface area contributed by atoms with Crippen molar-refractivity contribution in [2.45, 2.75) is 19.3 Å². The number of nitrogens with zero attached hydrogens (tertiary/aromatic N) is 2. The summed E-state index contributed by atoms with van der Waals surface area (Å²) in [7, 11) is 0. The van der Waals surface area contributed by atoms with E-state index in [4.69, 9.17) is 10.2 Å². The van der Waals surface area contributed by atoms with Crippen molar-refractivity contribution in [3.63, 3.8) is 0 Å². The van der Waals surface area contributed by atoms with Crippen LogP contribution in [0.3, 0.4) is 0 Å². The molecule has 0 unspecified atom stereocenters. The molecule has 150 valence electrons. The molecule has 2 N–H and O–H groups in total. The van der Waals surface area contributed by atoms with E-state index in [1.807, 2.05) is 0 Å². The average Bonchev–Trinajstić information content (AvgIpc) is 2.59. The van der Waals surface area contributed by atoms with Gasteiger partial charge in [-0.3, -0.25) is 25.0 Å². The van der Waals surface area contributed by atoms with Gasteiger partial charge in [-0.2, -0.15) is 0 Å². The van der Waals surface area contributed by atoms with Crippen LogP contribution in [0.1, 0.15) is 17.5 Å². The van der Waals surface area contributed by atoms with Gasteiger partial charge in [-0.05, 0) is 56.8 Å². The van der Waals surface area contributed by atoms with Crippen LogP contribution in [0.4, 0.5) is 11.4 Å². The van der Waals surface area contributed by atoms with Gasteiger partial charge in [0.2, 0.25) is 0 Å². The van der Waals surface area contributed by atoms with Crippen molar-refractivity contribution in [2.24, 2.45) is 0 Å². The van der Waals surface area contributed by atoms with Crippen LogP contribution >= 0.6 is 31.9 Å². The fourth-order valence-corrected chi connectivity index (χ4v) is 3.41. The number of aliphatic hydroxyl groups is 1. The lowest BCUT2D eigenvalue weighted by Crippen LogP contribution is -2.04. The van der Waals surface area contributed by atoms with Gasteiger partial charge in [-0.15, -0.1) is 0 Å². The van der Waals surface area contributed by atoms with Crippen LogP contribution in [0, 0.1) is 20.2 Å². The molecular formula is C17H16Br2N2O7. The number of halogens is 2. The van der Waals surface area contributed by atoms with Crippen LogP contribution < -0.4 is 0 Å². The Labute approximate surface area is 176 Å². The van der Waals surface area contributed by atoms with Gasteiger partial charge in [0.15, 0.2) is 0 Å². The number of aliphatic hydroxyl groups excluding tert-OH is 1. The highest BCUT2D eigenvalue weighted by Gasteiger charge is 2.19. The number of nitro benzene ring substituents is 2. The molecule has 0 heterocycles. The Morgan fingerprint density at radius 1 is 0.929 bits per heavy atom. The van der Waals surface area contributed by atoms with Crippen LogP contribution in [-0.4, -0.2) is 32.6 Å². The summed E-state index contributed by atoms with van der Waals surface area (Å²) < 4.78 is 0.777. The van der Waals surface area contributed by atoms with Crippen molar-refractivity contribution in [1.29, 1.82) is 0 Å². The van der Waals surface area contributed by atoms with Gasteiger partial charge in [-0.25, -0.2) is 0 Å². The third-order valence-electron chi connectivity index (χ3n) is 3.45. The first kappa shape index (κ1) is 23.7. The second kappa shape index (κ2) is 11.5. The van der Waals surface area contributed by atoms with Gasteiger partial charge in [0.05, 0.1) is 25.2 Å². The maximum absolute atomic E-state index is 10.7. The predicted molar refractivity (Wildman–Crippen MR) is 108 cm³/mol. The molecule has 0 atom stereocenters. The van der Waals surface area contributed by atoms with E-state index in [1.54, 1.807) is 24.3 Å². The fourth-order valence-electron chi connectivity index (χ4n) is 2.31. The molecule has 0 aliphatic rings. The number of rotatable bonds is 7. The first-order valence-corrected chi connectivity index (χ1v) is 9.43. The summed E-state index contributed by atoms with van der Waals surface area (Å²) >= 11 is 6.14. The standard InChI is InChI=1S/C9H10BrNO3.C8H6BrNO4/c10-8-5-1-3-7(4-2-6-12)9(8)11(13)14;9-6-3-1-2-5(4-7(11)12)8(6)10(13)14/h1,3,5,12H,2,4,6H2;1-3H,4H2,(H,11,12). The van der Waals surface area contributed by atoms with Crippen molar-refractivity contribution in [3.05, 3.63) is 76.7 Å². The maximum Gasteiger partial charge on any atom is 0.308 e. The lowest BCUT2D eigenvalue weighted by molar-refractivity contribution is -0.386. The first-order valence-electron chi connectivity index (χ1n) is 7.85. The highest BCUT2D eigenvalue weighted by molar-refractivity contribution is 9.11. The number of para-hydroxylation sites is 2. The van der Waals surface area contributed by atoms with Gasteiger partial charge in [-0.1, -0.05) is 24.3 Å². The molecule has 0 spiro atoms. The zero-order valence-electron chi connectivity index (χ0n) is 14.4. The summed E-state index contributed by atoms with van der Waals surface area (Å²) in [5.41, 5.74) is 0.756. The van der Waals surface area contributed by atoms with E-state index in [0.29, 0.717) is 27.4 Å². The van der Waals surface area contributed by atoms with Gasteiger partial charge < -0.3 is 10.2 Å². The van der Waals surface area contributed by atoms with Gasteiger partial charge in [0.25, 0.3) is 11.4 Å². The lowest BCUT2D eigenvalue weighted by Gasteiger charge is -2.02. The minimum Gasteiger partial charge on any atom is -0.481 e. The monoisotopic (exact) mass is 518 g/mol. The van der Waals surface area contributed by atoms with Crippen LogP contribution in [0.2, 0.25) is 0 Å². The molecule has 0 fully saturated rings. The molecule has 0 saturated carbocycles. The number of hydrogen-bond donors (Lipinski definition) is 2. The molecule has 2 aromatic carbocycles. The summed E-state index contributed by atoms with van der Waals surface area (Å²) in [4.78, 5) is 30.7. The zero-order valence-corrected chi connectivity index (χ0v) is 17.6. The second-order valence-corrected chi connectivity index (χ2v) is 7.12. The molecule has 0 aromatic heterocycles. The van der Waals surface area contributed by atoms with Gasteiger partial charge in [0, 0.05) is 17.7 Å². The number of benzene rings is 2. The van der Waals surface area contributed by atoms with Crippen molar-refractivity contribution >= 4 is 49.2 Å². The van der Waals surface area contributed by atoms with E-state index in [-0.39, 0.29) is 30.0 Å². The minimum atomic E-state index is -1.09. The average molecular weight is 520 g/mol. The lowest BCUT2D eigenvalue weighted by atomic mass is 10.1. The highest BCUT2D eigenvalue weighted by atomic mass is 79.9. The number of nitro groups is 2. The number of carboxylic acids is 1. The molecule has 2 rings (SSSR count). The molecule has 0 radical (unpaired) electrons. The van der Waals surface area contributed by atoms with Crippen LogP contribution in [0.15, 0.2) is 45.3 Å². The highest BCUT2D eigenvalue weighted by Crippen LogP contribution is 2.29. The molecular weight excluding hydrogens is 504 g/mol. The Bertz CT molecular complexity index is 875. The summed E-state index contributed by atoms with van der Waals surface area (Å²) in [6.07, 6.45) is 0.708. The van der Waals surface area contributed by atoms with E-state index in [0.717, 1.165) is 0 Å². The molecule has 0 bridgehead atoms. The molecule has 11 heteroatoms. The number of carbonyl (C=O) groups is 1. The van der Waals surface area contributed by atoms with Crippen molar-refractivity contribution in [3.8, 4) is 0 Å². The second-order valence-electron chi connectivity index (χ2n) is 5.41. The Kier molecular flexibility index (Phi) is 9.69. The van der Waals surface area contributed by atoms with Crippen LogP contribution in [-0.2, 0) is 17.6 Å². The van der Waals surface area contributed by atoms with E-state index in [1.165, 1.54) is 12.1 Å². The summed E-state index contributed by atoms with van der Waals surface area (Å²) in [6, 6.07) is 9.60. The summed E-state index contributed by atoms with van der Waals surface area (Å²) in [5, 5.41) is 38.5. The topological polar surface area (TPSA) is 144 Å². The minimum absolute atomic E-state index is 0.0453. The Hall–Kier alpha value is -2.37. The number of hydrogen-bond acceptors (Lipinski definition) is 6. The van der Waals surface area contributed by atoms with Crippen molar-refractivity contribution in [2.75, 3.05) is 6.61 Å². The Morgan fingerprint density at radius 2 is 1.39 bits per heavy atom. The van der Waals surface area contributed by atoms with Gasteiger partial charge in [0.1, 0.15) is 0 Å². The van der Waals surface area contributed by atoms with Crippen LogP contribution in [0.25, 0.3) is 0 Å². The normalized spacial score (nSPS) is 9.96. The van der Waals surface area contributed by atoms with E-state index >= 15 is 0 Å². The van der Waals surface area contributed by atoms with Crippen molar-refractivity contribution in [1.82, 2.24) is 0 Å². The van der Waals surface area contributed by atoms with E-state index < -0.39 is 15.8 Å². The number of aliphatic carboxylic acids is 1. The number of aryl methyl sites for hydroxylation is 1. The largest absolute Gasteiger partial charge is 0.481 e. The summed E-state index contributed by atoms with van der Waals surface area (Å²) in [6.45, 7) is 0.0453. The Morgan fingerprint density at radius 3 is 1.82 bits per heavy atom. The number of carboxylic acid groups (broad SMARTS) is 1. The first-order chi connectivity index (χ1) is 13.2. The third-order valence-corrected chi connectivity index (χ3v) is 4.73. The molecule has 28 heavy (non-hydrogen) atoms. The fraction of sp³-hybridized carbons (Fsp3) is 0.235. The predicted octanol–water partition coefficient (Wildman–Crippen LogP) is 4.27. The molecule has 0 amide bonds. The quantitative estimate of drug-likeness (QED) is 0.410. The molecule has 0 saturated heterocycles. The van der Waals surface area contributed by atoms with Crippen LogP contribution in [0.5, 0.6) is 0 Å². The smallest absolute Gasteiger partial charge is 0.308 e. The zero-order chi connectivity index (χ0) is 21.3. The van der Waals surface area contributed by atoms with E-state index in [9.17, 15) is 25.0 Å². The molecule has 0 aliphatic heterocycles.